The number of aliphatic hydroxyl groups excluding tert-OH is 1. The second-order valence-corrected chi connectivity index (χ2v) is 6.74. The van der Waals surface area contributed by atoms with Gasteiger partial charge in [0.15, 0.2) is 5.79 Å². The minimum Gasteiger partial charge on any atom is -0.396 e. The van der Waals surface area contributed by atoms with Gasteiger partial charge in [-0.25, -0.2) is 0 Å². The van der Waals surface area contributed by atoms with Gasteiger partial charge >= 0.3 is 0 Å². The fourth-order valence-electron chi connectivity index (χ4n) is 4.64. The van der Waals surface area contributed by atoms with Gasteiger partial charge in [-0.05, 0) is 56.3 Å². The highest BCUT2D eigenvalue weighted by Gasteiger charge is 2.52. The Bertz CT molecular complexity index is 346. The molecule has 0 aromatic heterocycles. The molecule has 3 aliphatic rings. The molecule has 2 fully saturated rings. The lowest BCUT2D eigenvalue weighted by molar-refractivity contribution is -0.265. The Kier molecular flexibility index (Phi) is 3.71. The van der Waals surface area contributed by atoms with Crippen molar-refractivity contribution in [3.8, 4) is 0 Å². The lowest BCUT2D eigenvalue weighted by atomic mass is 9.71. The molecule has 3 heteroatoms. The van der Waals surface area contributed by atoms with Gasteiger partial charge in [0.25, 0.3) is 0 Å². The molecule has 4 atom stereocenters. The van der Waals surface area contributed by atoms with E-state index in [2.05, 4.69) is 12.2 Å². The molecule has 3 rings (SSSR count). The van der Waals surface area contributed by atoms with Crippen molar-refractivity contribution in [2.45, 2.75) is 44.3 Å². The summed E-state index contributed by atoms with van der Waals surface area (Å²) in [6.07, 6.45) is 10.9. The minimum absolute atomic E-state index is 0.234. The van der Waals surface area contributed by atoms with E-state index < -0.39 is 5.79 Å². The Morgan fingerprint density at radius 2 is 1.89 bits per heavy atom. The molecule has 0 aromatic rings. The van der Waals surface area contributed by atoms with E-state index in [4.69, 9.17) is 4.74 Å². The normalized spacial score (nSPS) is 44.5. The van der Waals surface area contributed by atoms with Crippen LogP contribution in [0.1, 0.15) is 38.5 Å². The Labute approximate surface area is 115 Å². The van der Waals surface area contributed by atoms with Gasteiger partial charge < -0.3 is 14.9 Å². The molecule has 0 amide bonds. The molecule has 2 N–H and O–H groups in total. The van der Waals surface area contributed by atoms with Crippen LogP contribution >= 0.6 is 0 Å². The molecule has 19 heavy (non-hydrogen) atoms. The predicted octanol–water partition coefficient (Wildman–Crippen LogP) is 2.33. The highest BCUT2D eigenvalue weighted by Crippen LogP contribution is 2.52. The van der Waals surface area contributed by atoms with Gasteiger partial charge in [0, 0.05) is 25.6 Å². The first-order valence-electron chi connectivity index (χ1n) is 7.74. The minimum atomic E-state index is -0.954. The van der Waals surface area contributed by atoms with Gasteiger partial charge in [0.05, 0.1) is 0 Å². The molecule has 0 aliphatic heterocycles. The molecule has 0 aromatic carbocycles. The highest BCUT2D eigenvalue weighted by atomic mass is 16.6. The molecule has 0 spiro atoms. The second kappa shape index (κ2) is 5.19. The average molecular weight is 266 g/mol. The summed E-state index contributed by atoms with van der Waals surface area (Å²) in [4.78, 5) is 0. The smallest absolute Gasteiger partial charge is 0.171 e. The zero-order chi connectivity index (χ0) is 13.5. The van der Waals surface area contributed by atoms with Gasteiger partial charge in [-0.15, -0.1) is 0 Å². The lowest BCUT2D eigenvalue weighted by Crippen LogP contribution is -2.49. The number of methoxy groups -OCH3 is 1. The van der Waals surface area contributed by atoms with E-state index in [1.807, 2.05) is 0 Å². The van der Waals surface area contributed by atoms with Gasteiger partial charge in [0.1, 0.15) is 0 Å². The summed E-state index contributed by atoms with van der Waals surface area (Å²) < 4.78 is 5.64. The highest BCUT2D eigenvalue weighted by molar-refractivity contribution is 5.13. The first-order chi connectivity index (χ1) is 9.17. The van der Waals surface area contributed by atoms with Crippen LogP contribution < -0.4 is 0 Å². The van der Waals surface area contributed by atoms with E-state index in [9.17, 15) is 10.2 Å². The third-order valence-electron chi connectivity index (χ3n) is 5.83. The largest absolute Gasteiger partial charge is 0.396 e. The summed E-state index contributed by atoms with van der Waals surface area (Å²) in [5.74, 6) is 1.14. The quantitative estimate of drug-likeness (QED) is 0.606. The van der Waals surface area contributed by atoms with Crippen molar-refractivity contribution in [3.05, 3.63) is 12.2 Å². The van der Waals surface area contributed by atoms with Crippen molar-refractivity contribution in [1.82, 2.24) is 0 Å². The molecule has 108 valence electrons. The third-order valence-corrected chi connectivity index (χ3v) is 5.83. The number of fused-ring (bicyclic) bond motifs is 2. The van der Waals surface area contributed by atoms with E-state index in [0.717, 1.165) is 32.1 Å². The molecule has 0 saturated heterocycles. The van der Waals surface area contributed by atoms with Crippen molar-refractivity contribution in [2.24, 2.45) is 29.6 Å². The van der Waals surface area contributed by atoms with Crippen LogP contribution in [-0.4, -0.2) is 29.7 Å². The maximum atomic E-state index is 11.1. The zero-order valence-electron chi connectivity index (χ0n) is 11.8. The zero-order valence-corrected chi connectivity index (χ0v) is 11.8. The van der Waals surface area contributed by atoms with Crippen molar-refractivity contribution < 1.29 is 14.9 Å². The van der Waals surface area contributed by atoms with Gasteiger partial charge in [0.2, 0.25) is 0 Å². The summed E-state index contributed by atoms with van der Waals surface area (Å²) in [5.41, 5.74) is 0. The average Bonchev–Trinajstić information content (AvgIpc) is 3.09. The van der Waals surface area contributed by atoms with Crippen molar-refractivity contribution >= 4 is 0 Å². The number of hydrogen-bond donors (Lipinski definition) is 2. The van der Waals surface area contributed by atoms with Crippen LogP contribution in [0.4, 0.5) is 0 Å². The van der Waals surface area contributed by atoms with Crippen molar-refractivity contribution in [1.29, 1.82) is 0 Å². The van der Waals surface area contributed by atoms with E-state index >= 15 is 0 Å². The van der Waals surface area contributed by atoms with Crippen LogP contribution in [0.5, 0.6) is 0 Å². The topological polar surface area (TPSA) is 49.7 Å². The van der Waals surface area contributed by atoms with Crippen LogP contribution in [0.25, 0.3) is 0 Å². The van der Waals surface area contributed by atoms with Crippen LogP contribution in [0.3, 0.4) is 0 Å². The summed E-state index contributed by atoms with van der Waals surface area (Å²) in [7, 11) is 1.66. The summed E-state index contributed by atoms with van der Waals surface area (Å²) in [5, 5.41) is 20.3. The Morgan fingerprint density at radius 1 is 1.16 bits per heavy atom. The molecule has 2 saturated carbocycles. The number of hydrogen-bond acceptors (Lipinski definition) is 3. The summed E-state index contributed by atoms with van der Waals surface area (Å²) in [6.45, 7) is 0.287. The maximum absolute atomic E-state index is 11.1. The van der Waals surface area contributed by atoms with E-state index in [1.54, 1.807) is 7.11 Å². The number of ether oxygens (including phenoxy) is 1. The van der Waals surface area contributed by atoms with Crippen LogP contribution in [0.2, 0.25) is 0 Å². The van der Waals surface area contributed by atoms with Crippen LogP contribution in [0, 0.1) is 29.6 Å². The Hall–Kier alpha value is -0.380. The van der Waals surface area contributed by atoms with Crippen LogP contribution in [0.15, 0.2) is 12.2 Å². The van der Waals surface area contributed by atoms with Gasteiger partial charge in [-0.3, -0.25) is 0 Å². The second-order valence-electron chi connectivity index (χ2n) is 6.74. The van der Waals surface area contributed by atoms with E-state index in [1.165, 1.54) is 6.42 Å². The monoisotopic (exact) mass is 266 g/mol. The van der Waals surface area contributed by atoms with Gasteiger partial charge in [-0.2, -0.15) is 0 Å². The summed E-state index contributed by atoms with van der Waals surface area (Å²) >= 11 is 0. The molecule has 3 nitrogen and oxygen atoms in total. The van der Waals surface area contributed by atoms with Gasteiger partial charge in [-0.1, -0.05) is 12.2 Å². The fraction of sp³-hybridized carbons (Fsp3) is 0.875. The Balaban J connectivity index is 1.71. The third kappa shape index (κ3) is 2.26. The fourth-order valence-corrected chi connectivity index (χ4v) is 4.64. The molecule has 4 unspecified atom stereocenters. The van der Waals surface area contributed by atoms with Crippen LogP contribution in [-0.2, 0) is 4.74 Å². The summed E-state index contributed by atoms with van der Waals surface area (Å²) in [6, 6.07) is 0. The molecule has 2 bridgehead atoms. The first kappa shape index (κ1) is 13.6. The Morgan fingerprint density at radius 3 is 2.37 bits per heavy atom. The lowest BCUT2D eigenvalue weighted by Gasteiger charge is -2.44. The van der Waals surface area contributed by atoms with Crippen molar-refractivity contribution in [3.63, 3.8) is 0 Å². The molecule has 0 heterocycles. The molecule has 3 aliphatic carbocycles. The molecule has 0 radical (unpaired) electrons. The molecular formula is C16H26O3. The standard InChI is InChI=1S/C16H26O3/c1-19-16(18,14-6-3-11(10-17)4-7-14)15-9-12-2-5-13(15)8-12/h2,5,11-15,17-18H,3-4,6-10H2,1H3. The number of aliphatic hydroxyl groups is 2. The molecular weight excluding hydrogens is 240 g/mol. The van der Waals surface area contributed by atoms with E-state index in [-0.39, 0.29) is 18.4 Å². The number of allylic oxidation sites excluding steroid dienone is 2. The number of rotatable bonds is 4. The predicted molar refractivity (Wildman–Crippen MR) is 73.3 cm³/mol. The SMILES string of the molecule is COC(O)(C1CCC(CO)CC1)C1CC2C=CC1C2. The maximum Gasteiger partial charge on any atom is 0.171 e. The first-order valence-corrected chi connectivity index (χ1v) is 7.74. The van der Waals surface area contributed by atoms with E-state index in [0.29, 0.717) is 17.8 Å². The van der Waals surface area contributed by atoms with Crippen molar-refractivity contribution in [2.75, 3.05) is 13.7 Å².